The summed E-state index contributed by atoms with van der Waals surface area (Å²) in [4.78, 5) is 43.5. The molecule has 2 heterocycles. The molecule has 1 saturated heterocycles. The van der Waals surface area contributed by atoms with Crippen LogP contribution in [-0.2, 0) is 16.1 Å². The van der Waals surface area contributed by atoms with Gasteiger partial charge in [-0.3, -0.25) is 24.5 Å². The summed E-state index contributed by atoms with van der Waals surface area (Å²) in [7, 11) is 0. The van der Waals surface area contributed by atoms with Crippen molar-refractivity contribution in [1.82, 2.24) is 20.3 Å². The van der Waals surface area contributed by atoms with Gasteiger partial charge in [0.25, 0.3) is 5.91 Å². The average molecular weight is 434 g/mol. The second-order valence-electron chi connectivity index (χ2n) is 7.47. The molecule has 3 rings (SSSR count). The third kappa shape index (κ3) is 6.69. The van der Waals surface area contributed by atoms with Gasteiger partial charge in [0.15, 0.2) is 5.78 Å². The fraction of sp³-hybridized carbons (Fsp3) is 0.250. The maximum atomic E-state index is 12.5. The summed E-state index contributed by atoms with van der Waals surface area (Å²) in [5, 5.41) is 8.51. The number of amides is 2. The molecule has 0 saturated carbocycles. The number of aromatic nitrogens is 1. The third-order valence-corrected chi connectivity index (χ3v) is 5.18. The smallest absolute Gasteiger partial charge is 0.267 e. The summed E-state index contributed by atoms with van der Waals surface area (Å²) < 4.78 is 0. The molecule has 0 aliphatic carbocycles. The van der Waals surface area contributed by atoms with E-state index in [9.17, 15) is 14.4 Å². The number of allylic oxidation sites excluding steroid dienone is 1. The highest BCUT2D eigenvalue weighted by molar-refractivity contribution is 6.06. The number of hydrogen-bond acceptors (Lipinski definition) is 6. The van der Waals surface area contributed by atoms with Gasteiger partial charge in [0.2, 0.25) is 5.91 Å². The summed E-state index contributed by atoms with van der Waals surface area (Å²) in [6, 6.07) is 12.8. The van der Waals surface area contributed by atoms with Gasteiger partial charge in [0, 0.05) is 51.3 Å². The zero-order valence-electron chi connectivity index (χ0n) is 17.9. The van der Waals surface area contributed by atoms with Gasteiger partial charge < -0.3 is 4.90 Å². The molecule has 0 bridgehead atoms. The van der Waals surface area contributed by atoms with Crippen molar-refractivity contribution >= 4 is 29.7 Å². The molecule has 1 fully saturated rings. The van der Waals surface area contributed by atoms with E-state index < -0.39 is 5.91 Å². The van der Waals surface area contributed by atoms with Crippen LogP contribution in [0.15, 0.2) is 54.6 Å². The zero-order valence-corrected chi connectivity index (χ0v) is 17.9. The van der Waals surface area contributed by atoms with Crippen molar-refractivity contribution in [2.45, 2.75) is 13.5 Å². The summed E-state index contributed by atoms with van der Waals surface area (Å²) in [6.45, 7) is 5.56. The Bertz CT molecular complexity index is 1020. The van der Waals surface area contributed by atoms with E-state index in [2.05, 4.69) is 9.88 Å². The molecule has 0 atom stereocenters. The molecular formula is C24H26N4O4. The van der Waals surface area contributed by atoms with Crippen molar-refractivity contribution in [2.75, 3.05) is 26.2 Å². The molecule has 0 radical (unpaired) electrons. The summed E-state index contributed by atoms with van der Waals surface area (Å²) in [5.41, 5.74) is 4.32. The SMILES string of the molecule is CC(=O)N1CCN(Cc2ccc(C(=O)C=Cc3cccc(C=CC(=O)NO)n3)cc2)CC1. The number of pyridine rings is 1. The van der Waals surface area contributed by atoms with E-state index in [-0.39, 0.29) is 11.7 Å². The number of hydrogen-bond donors (Lipinski definition) is 2. The first-order valence-corrected chi connectivity index (χ1v) is 10.3. The van der Waals surface area contributed by atoms with Crippen LogP contribution >= 0.6 is 0 Å². The molecule has 32 heavy (non-hydrogen) atoms. The largest absolute Gasteiger partial charge is 0.340 e. The Labute approximate surface area is 186 Å². The highest BCUT2D eigenvalue weighted by Gasteiger charge is 2.18. The molecule has 1 aliphatic rings. The summed E-state index contributed by atoms with van der Waals surface area (Å²) in [5.74, 6) is -0.660. The van der Waals surface area contributed by atoms with Crippen LogP contribution in [0, 0.1) is 0 Å². The number of ketones is 1. The van der Waals surface area contributed by atoms with Crippen molar-refractivity contribution in [3.63, 3.8) is 0 Å². The molecule has 8 heteroatoms. The molecule has 2 amide bonds. The van der Waals surface area contributed by atoms with Crippen molar-refractivity contribution in [3.05, 3.63) is 77.1 Å². The minimum Gasteiger partial charge on any atom is -0.340 e. The van der Waals surface area contributed by atoms with Gasteiger partial charge in [0.1, 0.15) is 0 Å². The molecule has 0 spiro atoms. The Morgan fingerprint density at radius 1 is 0.969 bits per heavy atom. The Balaban J connectivity index is 1.56. The number of nitrogens with one attached hydrogen (secondary N) is 1. The summed E-state index contributed by atoms with van der Waals surface area (Å²) >= 11 is 0. The number of hydroxylamine groups is 1. The minimum absolute atomic E-state index is 0.119. The summed E-state index contributed by atoms with van der Waals surface area (Å²) in [6.07, 6.45) is 5.70. The lowest BCUT2D eigenvalue weighted by Crippen LogP contribution is -2.47. The second-order valence-corrected chi connectivity index (χ2v) is 7.47. The van der Waals surface area contributed by atoms with E-state index in [1.165, 1.54) is 17.6 Å². The van der Waals surface area contributed by atoms with E-state index in [1.807, 2.05) is 29.2 Å². The predicted molar refractivity (Wildman–Crippen MR) is 121 cm³/mol. The molecule has 1 aliphatic heterocycles. The lowest BCUT2D eigenvalue weighted by Gasteiger charge is -2.34. The number of carbonyl (C=O) groups excluding carboxylic acids is 3. The van der Waals surface area contributed by atoms with Gasteiger partial charge in [-0.15, -0.1) is 0 Å². The number of carbonyl (C=O) groups is 3. The fourth-order valence-corrected chi connectivity index (χ4v) is 3.36. The van der Waals surface area contributed by atoms with Crippen molar-refractivity contribution in [1.29, 1.82) is 0 Å². The Morgan fingerprint density at radius 3 is 2.19 bits per heavy atom. The van der Waals surface area contributed by atoms with Gasteiger partial charge in [-0.25, -0.2) is 10.5 Å². The first-order chi connectivity index (χ1) is 15.4. The van der Waals surface area contributed by atoms with E-state index in [0.29, 0.717) is 17.0 Å². The van der Waals surface area contributed by atoms with E-state index >= 15 is 0 Å². The van der Waals surface area contributed by atoms with Crippen molar-refractivity contribution in [2.24, 2.45) is 0 Å². The maximum Gasteiger partial charge on any atom is 0.267 e. The number of nitrogens with zero attached hydrogens (tertiary/aromatic N) is 3. The van der Waals surface area contributed by atoms with Crippen LogP contribution in [0.4, 0.5) is 0 Å². The van der Waals surface area contributed by atoms with Crippen LogP contribution < -0.4 is 5.48 Å². The number of piperazine rings is 1. The molecule has 0 unspecified atom stereocenters. The predicted octanol–water partition coefficient (Wildman–Crippen LogP) is 2.16. The highest BCUT2D eigenvalue weighted by atomic mass is 16.5. The van der Waals surface area contributed by atoms with Gasteiger partial charge in [-0.05, 0) is 35.9 Å². The van der Waals surface area contributed by atoms with E-state index in [0.717, 1.165) is 44.4 Å². The van der Waals surface area contributed by atoms with Gasteiger partial charge in [-0.1, -0.05) is 30.3 Å². The number of benzene rings is 1. The van der Waals surface area contributed by atoms with Gasteiger partial charge >= 0.3 is 0 Å². The van der Waals surface area contributed by atoms with Gasteiger partial charge in [-0.2, -0.15) is 0 Å². The van der Waals surface area contributed by atoms with Crippen LogP contribution in [0.25, 0.3) is 12.2 Å². The van der Waals surface area contributed by atoms with Crippen LogP contribution in [0.1, 0.15) is 34.2 Å². The van der Waals surface area contributed by atoms with Crippen molar-refractivity contribution < 1.29 is 19.6 Å². The topological polar surface area (TPSA) is 103 Å². The average Bonchev–Trinajstić information content (AvgIpc) is 2.82. The minimum atomic E-state index is -0.648. The highest BCUT2D eigenvalue weighted by Crippen LogP contribution is 2.12. The van der Waals surface area contributed by atoms with Crippen LogP contribution in [-0.4, -0.2) is 63.8 Å². The first-order valence-electron chi connectivity index (χ1n) is 10.3. The Hall–Kier alpha value is -3.62. The lowest BCUT2D eigenvalue weighted by atomic mass is 10.1. The first kappa shape index (κ1) is 23.1. The van der Waals surface area contributed by atoms with E-state index in [4.69, 9.17) is 5.21 Å². The van der Waals surface area contributed by atoms with Crippen LogP contribution in [0.3, 0.4) is 0 Å². The van der Waals surface area contributed by atoms with Crippen molar-refractivity contribution in [3.8, 4) is 0 Å². The normalized spacial score (nSPS) is 14.8. The molecule has 1 aromatic carbocycles. The van der Waals surface area contributed by atoms with Crippen LogP contribution in [0.5, 0.6) is 0 Å². The fourth-order valence-electron chi connectivity index (χ4n) is 3.36. The second kappa shape index (κ2) is 11.1. The maximum absolute atomic E-state index is 12.5. The van der Waals surface area contributed by atoms with Gasteiger partial charge in [0.05, 0.1) is 11.4 Å². The molecule has 2 N–H and O–H groups in total. The Morgan fingerprint density at radius 2 is 1.59 bits per heavy atom. The molecular weight excluding hydrogens is 408 g/mol. The monoisotopic (exact) mass is 434 g/mol. The molecule has 166 valence electrons. The quantitative estimate of drug-likeness (QED) is 0.300. The number of rotatable bonds is 7. The lowest BCUT2D eigenvalue weighted by molar-refractivity contribution is -0.130. The van der Waals surface area contributed by atoms with Crippen LogP contribution in [0.2, 0.25) is 0 Å². The molecule has 1 aromatic heterocycles. The third-order valence-electron chi connectivity index (χ3n) is 5.18. The molecule has 8 nitrogen and oxygen atoms in total. The standard InChI is InChI=1S/C24H26N4O4/c1-18(29)28-15-13-27(14-16-28)17-19-5-7-20(8-6-19)23(30)11-9-21-3-2-4-22(25-21)10-12-24(31)26-32/h2-12,32H,13-17H2,1H3,(H,26,31). The van der Waals surface area contributed by atoms with E-state index in [1.54, 1.807) is 31.2 Å². The molecule has 2 aromatic rings. The Kier molecular flexibility index (Phi) is 8.02. The zero-order chi connectivity index (χ0) is 22.9.